The van der Waals surface area contributed by atoms with E-state index in [0.717, 1.165) is 0 Å². The Morgan fingerprint density at radius 1 is 1.22 bits per heavy atom. The van der Waals surface area contributed by atoms with Gasteiger partial charge in [-0.3, -0.25) is 0 Å². The molecule has 0 bridgehead atoms. The van der Waals surface area contributed by atoms with Crippen molar-refractivity contribution in [2.75, 3.05) is 0 Å². The first-order valence-electron chi connectivity index (χ1n) is 6.85. The van der Waals surface area contributed by atoms with Crippen LogP contribution in [0.4, 0.5) is 0 Å². The number of rotatable bonds is 4. The minimum Gasteiger partial charge on any atom is -0.0992 e. The Balaban J connectivity index is 2.14. The Kier molecular flexibility index (Phi) is 4.58. The van der Waals surface area contributed by atoms with Gasteiger partial charge in [-0.2, -0.15) is 0 Å². The van der Waals surface area contributed by atoms with Crippen molar-refractivity contribution >= 4 is 0 Å². The lowest BCUT2D eigenvalue weighted by molar-refractivity contribution is 0.711. The molecule has 0 fully saturated rings. The lowest BCUT2D eigenvalue weighted by Crippen LogP contribution is -1.96. The fourth-order valence-electron chi connectivity index (χ4n) is 2.45. The molecule has 0 radical (unpaired) electrons. The highest BCUT2D eigenvalue weighted by molar-refractivity contribution is 5.34. The van der Waals surface area contributed by atoms with Crippen LogP contribution in [0.3, 0.4) is 0 Å². The second-order valence-corrected chi connectivity index (χ2v) is 5.12. The maximum Gasteiger partial charge on any atom is 0.0226 e. The summed E-state index contributed by atoms with van der Waals surface area (Å²) in [5, 5.41) is 0. The summed E-state index contributed by atoms with van der Waals surface area (Å²) >= 11 is 0. The van der Waals surface area contributed by atoms with Crippen molar-refractivity contribution in [3.63, 3.8) is 0 Å². The van der Waals surface area contributed by atoms with E-state index >= 15 is 0 Å². The molecule has 18 heavy (non-hydrogen) atoms. The average Bonchev–Trinajstić information content (AvgIpc) is 2.41. The van der Waals surface area contributed by atoms with E-state index in [0.29, 0.717) is 5.92 Å². The lowest BCUT2D eigenvalue weighted by Gasteiger charge is -2.14. The van der Waals surface area contributed by atoms with Gasteiger partial charge >= 0.3 is 0 Å². The molecule has 1 aromatic rings. The van der Waals surface area contributed by atoms with E-state index in [1.807, 2.05) is 0 Å². The SMILES string of the molecule is C=C(C)[C@H](/C=C/C1=CCCCC1)c1ccccc1. The van der Waals surface area contributed by atoms with Crippen LogP contribution in [-0.4, -0.2) is 0 Å². The standard InChI is InChI=1S/C18H22/c1-15(2)18(17-11-7-4-8-12-17)14-13-16-9-5-3-6-10-16/h4,7-9,11-14,18H,1,3,5-6,10H2,2H3/b14-13+/t18-/m0/s1. The first-order valence-corrected chi connectivity index (χ1v) is 6.85. The number of allylic oxidation sites excluding steroid dienone is 5. The van der Waals surface area contributed by atoms with Gasteiger partial charge < -0.3 is 0 Å². The summed E-state index contributed by atoms with van der Waals surface area (Å²) in [6.07, 6.45) is 12.1. The Morgan fingerprint density at radius 2 is 2.00 bits per heavy atom. The quantitative estimate of drug-likeness (QED) is 0.616. The molecule has 2 rings (SSSR count). The summed E-state index contributed by atoms with van der Waals surface area (Å²) in [7, 11) is 0. The fourth-order valence-corrected chi connectivity index (χ4v) is 2.45. The molecular formula is C18H22. The monoisotopic (exact) mass is 238 g/mol. The van der Waals surface area contributed by atoms with Gasteiger partial charge in [0.25, 0.3) is 0 Å². The van der Waals surface area contributed by atoms with Gasteiger partial charge in [0.1, 0.15) is 0 Å². The third-order valence-electron chi connectivity index (χ3n) is 3.52. The van der Waals surface area contributed by atoms with Crippen LogP contribution < -0.4 is 0 Å². The molecule has 0 amide bonds. The molecule has 0 nitrogen and oxygen atoms in total. The van der Waals surface area contributed by atoms with E-state index in [-0.39, 0.29) is 0 Å². The number of benzene rings is 1. The summed E-state index contributed by atoms with van der Waals surface area (Å²) in [6.45, 7) is 6.23. The van der Waals surface area contributed by atoms with E-state index < -0.39 is 0 Å². The van der Waals surface area contributed by atoms with E-state index in [9.17, 15) is 0 Å². The summed E-state index contributed by atoms with van der Waals surface area (Å²) in [5.41, 5.74) is 4.02. The van der Waals surface area contributed by atoms with Crippen LogP contribution >= 0.6 is 0 Å². The maximum atomic E-state index is 4.12. The van der Waals surface area contributed by atoms with Crippen molar-refractivity contribution in [3.8, 4) is 0 Å². The zero-order valence-electron chi connectivity index (χ0n) is 11.2. The molecule has 1 aromatic carbocycles. The summed E-state index contributed by atoms with van der Waals surface area (Å²) < 4.78 is 0. The van der Waals surface area contributed by atoms with E-state index in [1.165, 1.54) is 42.4 Å². The number of hydrogen-bond donors (Lipinski definition) is 0. The first kappa shape index (κ1) is 12.9. The Bertz CT molecular complexity index is 448. The molecule has 0 saturated heterocycles. The van der Waals surface area contributed by atoms with Crippen molar-refractivity contribution in [2.45, 2.75) is 38.5 Å². The molecule has 1 atom stereocenters. The van der Waals surface area contributed by atoms with Gasteiger partial charge in [-0.25, -0.2) is 0 Å². The second kappa shape index (κ2) is 6.39. The fraction of sp³-hybridized carbons (Fsp3) is 0.333. The van der Waals surface area contributed by atoms with Crippen LogP contribution in [0.1, 0.15) is 44.1 Å². The minimum absolute atomic E-state index is 0.342. The molecule has 0 aromatic heterocycles. The van der Waals surface area contributed by atoms with Crippen LogP contribution in [0.2, 0.25) is 0 Å². The van der Waals surface area contributed by atoms with Gasteiger partial charge in [-0.05, 0) is 38.2 Å². The van der Waals surface area contributed by atoms with Crippen LogP contribution in [-0.2, 0) is 0 Å². The molecule has 0 saturated carbocycles. The molecule has 0 heteroatoms. The zero-order valence-corrected chi connectivity index (χ0v) is 11.2. The molecule has 0 aliphatic heterocycles. The van der Waals surface area contributed by atoms with E-state index in [1.54, 1.807) is 0 Å². The predicted octanol–water partition coefficient (Wildman–Crippen LogP) is 5.40. The van der Waals surface area contributed by atoms with E-state index in [2.05, 4.69) is 62.1 Å². The highest BCUT2D eigenvalue weighted by atomic mass is 14.1. The molecule has 0 unspecified atom stereocenters. The van der Waals surface area contributed by atoms with Gasteiger partial charge in [0.15, 0.2) is 0 Å². The van der Waals surface area contributed by atoms with Gasteiger partial charge in [0.2, 0.25) is 0 Å². The van der Waals surface area contributed by atoms with Crippen molar-refractivity contribution in [2.24, 2.45) is 0 Å². The van der Waals surface area contributed by atoms with E-state index in [4.69, 9.17) is 0 Å². The maximum absolute atomic E-state index is 4.12. The molecule has 0 spiro atoms. The molecular weight excluding hydrogens is 216 g/mol. The van der Waals surface area contributed by atoms with Crippen LogP contribution in [0.5, 0.6) is 0 Å². The summed E-state index contributed by atoms with van der Waals surface area (Å²) in [5.74, 6) is 0.342. The highest BCUT2D eigenvalue weighted by Crippen LogP contribution is 2.26. The Morgan fingerprint density at radius 3 is 2.61 bits per heavy atom. The molecule has 1 aliphatic rings. The van der Waals surface area contributed by atoms with Crippen LogP contribution in [0.15, 0.2) is 66.3 Å². The third-order valence-corrected chi connectivity index (χ3v) is 3.52. The third kappa shape index (κ3) is 3.46. The molecule has 94 valence electrons. The molecule has 1 aliphatic carbocycles. The normalized spacial score (nSPS) is 17.5. The highest BCUT2D eigenvalue weighted by Gasteiger charge is 2.08. The second-order valence-electron chi connectivity index (χ2n) is 5.12. The Labute approximate surface area is 111 Å². The van der Waals surface area contributed by atoms with Gasteiger partial charge in [0, 0.05) is 5.92 Å². The van der Waals surface area contributed by atoms with Crippen LogP contribution in [0, 0.1) is 0 Å². The topological polar surface area (TPSA) is 0 Å². The van der Waals surface area contributed by atoms with Gasteiger partial charge in [0.05, 0.1) is 0 Å². The van der Waals surface area contributed by atoms with Gasteiger partial charge in [-0.15, -0.1) is 0 Å². The minimum atomic E-state index is 0.342. The predicted molar refractivity (Wildman–Crippen MR) is 79.7 cm³/mol. The first-order chi connectivity index (χ1) is 8.77. The number of hydrogen-bond acceptors (Lipinski definition) is 0. The Hall–Kier alpha value is -1.56. The zero-order chi connectivity index (χ0) is 12.8. The largest absolute Gasteiger partial charge is 0.0992 e. The van der Waals surface area contributed by atoms with Gasteiger partial charge in [-0.1, -0.05) is 66.3 Å². The van der Waals surface area contributed by atoms with Crippen molar-refractivity contribution in [1.82, 2.24) is 0 Å². The molecule has 0 heterocycles. The van der Waals surface area contributed by atoms with Crippen molar-refractivity contribution < 1.29 is 0 Å². The summed E-state index contributed by atoms with van der Waals surface area (Å²) in [6, 6.07) is 10.6. The van der Waals surface area contributed by atoms with Crippen molar-refractivity contribution in [1.29, 1.82) is 0 Å². The molecule has 0 N–H and O–H groups in total. The lowest BCUT2D eigenvalue weighted by atomic mass is 9.91. The smallest absolute Gasteiger partial charge is 0.0226 e. The van der Waals surface area contributed by atoms with Crippen molar-refractivity contribution in [3.05, 3.63) is 71.8 Å². The van der Waals surface area contributed by atoms with Crippen LogP contribution in [0.25, 0.3) is 0 Å². The summed E-state index contributed by atoms with van der Waals surface area (Å²) in [4.78, 5) is 0. The average molecular weight is 238 g/mol.